The van der Waals surface area contributed by atoms with Gasteiger partial charge in [0.15, 0.2) is 21.5 Å². The minimum atomic E-state index is -3.93. The zero-order valence-electron chi connectivity index (χ0n) is 14.2. The minimum absolute atomic E-state index is 0.000348. The standard InChI is InChI=1S/C19H14ClF2NO4S/c20-13-4-6-14(7-5-13)28(25,26)18(17-2-1-9-27-17)11-23-19(24)12-3-8-15(21)16(22)10-12/h1-10,18H,11H2,(H,23,24)/t18-/m1/s1. The average molecular weight is 426 g/mol. The van der Waals surface area contributed by atoms with Gasteiger partial charge >= 0.3 is 0 Å². The molecule has 3 rings (SSSR count). The maximum Gasteiger partial charge on any atom is 0.251 e. The highest BCUT2D eigenvalue weighted by Gasteiger charge is 2.32. The predicted octanol–water partition coefficient (Wildman–Crippen LogP) is 4.16. The van der Waals surface area contributed by atoms with Crippen LogP contribution in [0.3, 0.4) is 0 Å². The second-order valence-corrected chi connectivity index (χ2v) is 8.41. The van der Waals surface area contributed by atoms with Gasteiger partial charge in [-0.05, 0) is 54.6 Å². The normalized spacial score (nSPS) is 12.5. The van der Waals surface area contributed by atoms with Gasteiger partial charge in [-0.2, -0.15) is 0 Å². The van der Waals surface area contributed by atoms with Crippen molar-refractivity contribution in [2.45, 2.75) is 10.1 Å². The summed E-state index contributed by atoms with van der Waals surface area (Å²) in [6, 6.07) is 11.2. The molecule has 9 heteroatoms. The Labute approximate surface area is 164 Å². The number of hydrogen-bond donors (Lipinski definition) is 1. The zero-order valence-corrected chi connectivity index (χ0v) is 15.8. The summed E-state index contributed by atoms with van der Waals surface area (Å²) in [7, 11) is -3.93. The van der Waals surface area contributed by atoms with E-state index in [4.69, 9.17) is 16.0 Å². The second-order valence-electron chi connectivity index (χ2n) is 5.84. The molecule has 1 amide bonds. The van der Waals surface area contributed by atoms with Crippen LogP contribution >= 0.6 is 11.6 Å². The third-order valence-corrected chi connectivity index (χ3v) is 6.34. The Morgan fingerprint density at radius 2 is 1.79 bits per heavy atom. The predicted molar refractivity (Wildman–Crippen MR) is 98.8 cm³/mol. The van der Waals surface area contributed by atoms with E-state index in [1.54, 1.807) is 0 Å². The summed E-state index contributed by atoms with van der Waals surface area (Å²) in [6.45, 7) is -0.337. The Morgan fingerprint density at radius 3 is 2.39 bits per heavy atom. The van der Waals surface area contributed by atoms with Crippen LogP contribution in [0.4, 0.5) is 8.78 Å². The molecule has 1 aromatic heterocycles. The molecule has 5 nitrogen and oxygen atoms in total. The molecule has 0 aliphatic carbocycles. The molecule has 0 saturated heterocycles. The Balaban J connectivity index is 1.86. The Bertz CT molecular complexity index is 1080. The van der Waals surface area contributed by atoms with Gasteiger partial charge in [0.05, 0.1) is 11.2 Å². The van der Waals surface area contributed by atoms with Gasteiger partial charge in [-0.25, -0.2) is 17.2 Å². The van der Waals surface area contributed by atoms with Crippen molar-refractivity contribution in [1.29, 1.82) is 0 Å². The zero-order chi connectivity index (χ0) is 20.3. The fourth-order valence-electron chi connectivity index (χ4n) is 2.55. The number of carbonyl (C=O) groups is 1. The highest BCUT2D eigenvalue weighted by atomic mass is 35.5. The maximum atomic E-state index is 13.3. The molecule has 0 aliphatic heterocycles. The molecule has 0 saturated carbocycles. The number of nitrogens with one attached hydrogen (secondary N) is 1. The van der Waals surface area contributed by atoms with Crippen LogP contribution in [0.25, 0.3) is 0 Å². The number of amides is 1. The molecule has 0 bridgehead atoms. The van der Waals surface area contributed by atoms with Crippen molar-refractivity contribution in [1.82, 2.24) is 5.32 Å². The van der Waals surface area contributed by atoms with E-state index >= 15 is 0 Å². The molecular formula is C19H14ClF2NO4S. The van der Waals surface area contributed by atoms with Crippen LogP contribution in [0.2, 0.25) is 5.02 Å². The Kier molecular flexibility index (Phi) is 5.81. The lowest BCUT2D eigenvalue weighted by Crippen LogP contribution is -2.31. The first kappa shape index (κ1) is 20.0. The number of hydrogen-bond acceptors (Lipinski definition) is 4. The van der Waals surface area contributed by atoms with Crippen LogP contribution in [0.1, 0.15) is 21.4 Å². The number of carbonyl (C=O) groups excluding carboxylic acids is 1. The third kappa shape index (κ3) is 4.23. The number of benzene rings is 2. The van der Waals surface area contributed by atoms with E-state index in [2.05, 4.69) is 5.32 Å². The highest BCUT2D eigenvalue weighted by molar-refractivity contribution is 7.91. The van der Waals surface area contributed by atoms with Gasteiger partial charge in [0, 0.05) is 17.1 Å². The second kappa shape index (κ2) is 8.12. The van der Waals surface area contributed by atoms with E-state index in [1.807, 2.05) is 0 Å². The molecule has 3 aromatic rings. The van der Waals surface area contributed by atoms with Crippen molar-refractivity contribution in [3.8, 4) is 0 Å². The molecule has 0 fully saturated rings. The lowest BCUT2D eigenvalue weighted by molar-refractivity contribution is 0.0952. The first-order valence-corrected chi connectivity index (χ1v) is 9.97. The van der Waals surface area contributed by atoms with Gasteiger partial charge in [0.1, 0.15) is 11.0 Å². The Morgan fingerprint density at radius 1 is 1.07 bits per heavy atom. The molecule has 0 radical (unpaired) electrons. The summed E-state index contributed by atoms with van der Waals surface area (Å²) < 4.78 is 57.6. The molecule has 146 valence electrons. The van der Waals surface area contributed by atoms with Crippen molar-refractivity contribution in [3.05, 3.63) is 88.8 Å². The average Bonchev–Trinajstić information content (AvgIpc) is 3.18. The maximum absolute atomic E-state index is 13.3. The molecule has 1 atom stereocenters. The molecule has 1 N–H and O–H groups in total. The number of rotatable bonds is 6. The summed E-state index contributed by atoms with van der Waals surface area (Å²) in [5.74, 6) is -2.89. The van der Waals surface area contributed by atoms with E-state index < -0.39 is 32.6 Å². The number of furan rings is 1. The molecule has 0 unspecified atom stereocenters. The van der Waals surface area contributed by atoms with Gasteiger partial charge in [-0.15, -0.1) is 0 Å². The smallest absolute Gasteiger partial charge is 0.251 e. The van der Waals surface area contributed by atoms with Crippen LogP contribution in [0.5, 0.6) is 0 Å². The summed E-state index contributed by atoms with van der Waals surface area (Å²) in [6.07, 6.45) is 1.32. The minimum Gasteiger partial charge on any atom is -0.468 e. The first-order chi connectivity index (χ1) is 13.3. The van der Waals surface area contributed by atoms with Gasteiger partial charge < -0.3 is 9.73 Å². The van der Waals surface area contributed by atoms with E-state index in [1.165, 1.54) is 42.7 Å². The number of sulfone groups is 1. The molecular weight excluding hydrogens is 412 g/mol. The van der Waals surface area contributed by atoms with Gasteiger partial charge in [-0.1, -0.05) is 11.6 Å². The number of halogens is 3. The van der Waals surface area contributed by atoms with Crippen LogP contribution in [0, 0.1) is 11.6 Å². The van der Waals surface area contributed by atoms with Crippen molar-refractivity contribution in [3.63, 3.8) is 0 Å². The van der Waals surface area contributed by atoms with Gasteiger partial charge in [0.2, 0.25) is 0 Å². The van der Waals surface area contributed by atoms with Gasteiger partial charge in [-0.3, -0.25) is 4.79 Å². The first-order valence-electron chi connectivity index (χ1n) is 8.05. The molecule has 1 heterocycles. The molecule has 0 spiro atoms. The van der Waals surface area contributed by atoms with E-state index in [9.17, 15) is 22.0 Å². The molecule has 0 aliphatic rings. The van der Waals surface area contributed by atoms with E-state index in [-0.39, 0.29) is 22.8 Å². The van der Waals surface area contributed by atoms with Crippen molar-refractivity contribution in [2.75, 3.05) is 6.54 Å². The molecule has 2 aromatic carbocycles. The van der Waals surface area contributed by atoms with E-state index in [0.29, 0.717) is 5.02 Å². The van der Waals surface area contributed by atoms with Crippen LogP contribution < -0.4 is 5.32 Å². The third-order valence-electron chi connectivity index (χ3n) is 4.01. The van der Waals surface area contributed by atoms with Crippen molar-refractivity contribution in [2.24, 2.45) is 0 Å². The van der Waals surface area contributed by atoms with Crippen LogP contribution in [-0.2, 0) is 9.84 Å². The highest BCUT2D eigenvalue weighted by Crippen LogP contribution is 2.29. The molecule has 28 heavy (non-hydrogen) atoms. The van der Waals surface area contributed by atoms with Crippen molar-refractivity contribution < 1.29 is 26.4 Å². The monoisotopic (exact) mass is 425 g/mol. The topological polar surface area (TPSA) is 76.4 Å². The van der Waals surface area contributed by atoms with Crippen molar-refractivity contribution >= 4 is 27.3 Å². The lowest BCUT2D eigenvalue weighted by atomic mass is 10.2. The fourth-order valence-corrected chi connectivity index (χ4v) is 4.26. The quantitative estimate of drug-likeness (QED) is 0.643. The SMILES string of the molecule is O=C(NC[C@H](c1ccco1)S(=O)(=O)c1ccc(Cl)cc1)c1ccc(F)c(F)c1. The Hall–Kier alpha value is -2.71. The van der Waals surface area contributed by atoms with Crippen LogP contribution in [0.15, 0.2) is 70.2 Å². The van der Waals surface area contributed by atoms with Crippen LogP contribution in [-0.4, -0.2) is 20.9 Å². The summed E-state index contributed by atoms with van der Waals surface area (Å²) >= 11 is 5.81. The largest absolute Gasteiger partial charge is 0.468 e. The van der Waals surface area contributed by atoms with E-state index in [0.717, 1.165) is 18.2 Å². The lowest BCUT2D eigenvalue weighted by Gasteiger charge is -2.17. The summed E-state index contributed by atoms with van der Waals surface area (Å²) in [5, 5.41) is 1.58. The fraction of sp³-hybridized carbons (Fsp3) is 0.105. The summed E-state index contributed by atoms with van der Waals surface area (Å²) in [5.41, 5.74) is -0.138. The van der Waals surface area contributed by atoms with Gasteiger partial charge in [0.25, 0.3) is 5.91 Å². The summed E-state index contributed by atoms with van der Waals surface area (Å²) in [4.78, 5) is 12.2.